The minimum atomic E-state index is -0.273. The minimum absolute atomic E-state index is 0.0734. The average Bonchev–Trinajstić information content (AvgIpc) is 2.63. The van der Waals surface area contributed by atoms with Gasteiger partial charge in [-0.1, -0.05) is 62.7 Å². The number of amides is 2. The number of nitrogens with one attached hydrogen (secondary N) is 2. The Hall–Kier alpha value is -2.53. The number of carbonyl (C=O) groups is 2. The third-order valence-electron chi connectivity index (χ3n) is 3.91. The molecule has 2 aromatic rings. The van der Waals surface area contributed by atoms with E-state index in [4.69, 9.17) is 16.3 Å². The Labute approximate surface area is 165 Å². The first-order valence-corrected chi connectivity index (χ1v) is 9.18. The largest absolute Gasteiger partial charge is 0.483 e. The molecule has 2 aromatic carbocycles. The zero-order valence-electron chi connectivity index (χ0n) is 15.8. The van der Waals surface area contributed by atoms with Gasteiger partial charge in [0.05, 0.1) is 10.6 Å². The monoisotopic (exact) mass is 388 g/mol. The van der Waals surface area contributed by atoms with Crippen molar-refractivity contribution in [3.05, 3.63) is 64.7 Å². The van der Waals surface area contributed by atoms with Crippen LogP contribution in [0.2, 0.25) is 5.02 Å². The van der Waals surface area contributed by atoms with E-state index in [0.29, 0.717) is 29.4 Å². The first kappa shape index (κ1) is 20.8. The SMILES string of the molecule is CC(C)(C)c1ccccc1OCC(=O)NCCNC(=O)c1ccccc1Cl. The molecule has 0 unspecified atom stereocenters. The fraction of sp³-hybridized carbons (Fsp3) is 0.333. The summed E-state index contributed by atoms with van der Waals surface area (Å²) in [5.74, 6) is 0.183. The van der Waals surface area contributed by atoms with E-state index in [1.54, 1.807) is 24.3 Å². The molecular formula is C21H25ClN2O3. The normalized spacial score (nSPS) is 11.0. The van der Waals surface area contributed by atoms with Crippen LogP contribution in [0.4, 0.5) is 0 Å². The summed E-state index contributed by atoms with van der Waals surface area (Å²) in [6.07, 6.45) is 0. The first-order chi connectivity index (χ1) is 12.8. The smallest absolute Gasteiger partial charge is 0.258 e. The summed E-state index contributed by atoms with van der Waals surface area (Å²) in [7, 11) is 0. The molecular weight excluding hydrogens is 364 g/mol. The van der Waals surface area contributed by atoms with E-state index in [0.717, 1.165) is 5.56 Å². The van der Waals surface area contributed by atoms with Gasteiger partial charge in [-0.15, -0.1) is 0 Å². The van der Waals surface area contributed by atoms with Crippen molar-refractivity contribution in [1.82, 2.24) is 10.6 Å². The molecule has 0 spiro atoms. The van der Waals surface area contributed by atoms with Crippen molar-refractivity contribution in [2.45, 2.75) is 26.2 Å². The number of carbonyl (C=O) groups excluding carboxylic acids is 2. The number of para-hydroxylation sites is 1. The summed E-state index contributed by atoms with van der Waals surface area (Å²) in [4.78, 5) is 24.0. The van der Waals surface area contributed by atoms with Crippen LogP contribution in [0.3, 0.4) is 0 Å². The second kappa shape index (κ2) is 9.42. The van der Waals surface area contributed by atoms with Crippen LogP contribution in [0.25, 0.3) is 0 Å². The highest BCUT2D eigenvalue weighted by Crippen LogP contribution is 2.30. The summed E-state index contributed by atoms with van der Waals surface area (Å²) in [5.41, 5.74) is 1.38. The number of halogens is 1. The lowest BCUT2D eigenvalue weighted by Crippen LogP contribution is -2.37. The van der Waals surface area contributed by atoms with E-state index in [-0.39, 0.29) is 23.8 Å². The molecule has 6 heteroatoms. The van der Waals surface area contributed by atoms with Gasteiger partial charge in [-0.05, 0) is 29.2 Å². The summed E-state index contributed by atoms with van der Waals surface area (Å²) in [6, 6.07) is 14.5. The van der Waals surface area contributed by atoms with E-state index in [9.17, 15) is 9.59 Å². The van der Waals surface area contributed by atoms with Crippen LogP contribution >= 0.6 is 11.6 Å². The molecule has 0 radical (unpaired) electrons. The highest BCUT2D eigenvalue weighted by Gasteiger charge is 2.18. The van der Waals surface area contributed by atoms with Gasteiger partial charge in [-0.3, -0.25) is 9.59 Å². The molecule has 0 atom stereocenters. The minimum Gasteiger partial charge on any atom is -0.483 e. The van der Waals surface area contributed by atoms with E-state index in [1.165, 1.54) is 0 Å². The van der Waals surface area contributed by atoms with Crippen molar-refractivity contribution >= 4 is 23.4 Å². The van der Waals surface area contributed by atoms with E-state index < -0.39 is 0 Å². The second-order valence-electron chi connectivity index (χ2n) is 7.12. The highest BCUT2D eigenvalue weighted by molar-refractivity contribution is 6.33. The van der Waals surface area contributed by atoms with Crippen molar-refractivity contribution in [3.63, 3.8) is 0 Å². The Kier molecular flexibility index (Phi) is 7.25. The Bertz CT molecular complexity index is 800. The summed E-state index contributed by atoms with van der Waals surface area (Å²) < 4.78 is 5.67. The van der Waals surface area contributed by atoms with Crippen LogP contribution in [-0.2, 0) is 10.2 Å². The van der Waals surface area contributed by atoms with Crippen LogP contribution in [0.15, 0.2) is 48.5 Å². The lowest BCUT2D eigenvalue weighted by molar-refractivity contribution is -0.123. The summed E-state index contributed by atoms with van der Waals surface area (Å²) >= 11 is 5.98. The van der Waals surface area contributed by atoms with Gasteiger partial charge in [0.25, 0.3) is 11.8 Å². The zero-order valence-corrected chi connectivity index (χ0v) is 16.6. The molecule has 0 heterocycles. The van der Waals surface area contributed by atoms with Crippen LogP contribution in [0.5, 0.6) is 5.75 Å². The Morgan fingerprint density at radius 3 is 2.30 bits per heavy atom. The van der Waals surface area contributed by atoms with E-state index >= 15 is 0 Å². The van der Waals surface area contributed by atoms with E-state index in [2.05, 4.69) is 31.4 Å². The van der Waals surface area contributed by atoms with Crippen LogP contribution in [0, 0.1) is 0 Å². The molecule has 2 amide bonds. The predicted octanol–water partition coefficient (Wildman–Crippen LogP) is 3.56. The maximum Gasteiger partial charge on any atom is 0.258 e. The lowest BCUT2D eigenvalue weighted by atomic mass is 9.86. The van der Waals surface area contributed by atoms with Gasteiger partial charge in [-0.2, -0.15) is 0 Å². The third-order valence-corrected chi connectivity index (χ3v) is 4.23. The molecule has 0 bridgehead atoms. The maximum atomic E-state index is 12.0. The predicted molar refractivity (Wildman–Crippen MR) is 107 cm³/mol. The van der Waals surface area contributed by atoms with E-state index in [1.807, 2.05) is 24.3 Å². The number of hydrogen-bond donors (Lipinski definition) is 2. The molecule has 5 nitrogen and oxygen atoms in total. The molecule has 0 aliphatic rings. The fourth-order valence-electron chi connectivity index (χ4n) is 2.52. The van der Waals surface area contributed by atoms with Crippen molar-refractivity contribution in [2.24, 2.45) is 0 Å². The van der Waals surface area contributed by atoms with Gasteiger partial charge in [0, 0.05) is 13.1 Å². The molecule has 0 saturated heterocycles. The molecule has 27 heavy (non-hydrogen) atoms. The molecule has 0 fully saturated rings. The van der Waals surface area contributed by atoms with Gasteiger partial charge in [0.15, 0.2) is 6.61 Å². The molecule has 0 saturated carbocycles. The lowest BCUT2D eigenvalue weighted by Gasteiger charge is -2.22. The standard InChI is InChI=1S/C21H25ClN2O3/c1-21(2,3)16-9-5-7-11-18(16)27-14-19(25)23-12-13-24-20(26)15-8-4-6-10-17(15)22/h4-11H,12-14H2,1-3H3,(H,23,25)(H,24,26). The van der Waals surface area contributed by atoms with Gasteiger partial charge in [0.2, 0.25) is 0 Å². The van der Waals surface area contributed by atoms with Gasteiger partial charge in [-0.25, -0.2) is 0 Å². The second-order valence-corrected chi connectivity index (χ2v) is 7.53. The molecule has 0 aliphatic carbocycles. The number of hydrogen-bond acceptors (Lipinski definition) is 3. The molecule has 0 aromatic heterocycles. The molecule has 144 valence electrons. The third kappa shape index (κ3) is 6.29. The Balaban J connectivity index is 1.75. The fourth-order valence-corrected chi connectivity index (χ4v) is 2.75. The van der Waals surface area contributed by atoms with Crippen molar-refractivity contribution in [3.8, 4) is 5.75 Å². The quantitative estimate of drug-likeness (QED) is 0.712. The first-order valence-electron chi connectivity index (χ1n) is 8.81. The Morgan fingerprint density at radius 1 is 0.963 bits per heavy atom. The van der Waals surface area contributed by atoms with Crippen molar-refractivity contribution in [2.75, 3.05) is 19.7 Å². The van der Waals surface area contributed by atoms with Gasteiger partial charge < -0.3 is 15.4 Å². The number of ether oxygens (including phenoxy) is 1. The topological polar surface area (TPSA) is 67.4 Å². The molecule has 2 rings (SSSR count). The maximum absolute atomic E-state index is 12.0. The van der Waals surface area contributed by atoms with Crippen LogP contribution in [0.1, 0.15) is 36.7 Å². The summed E-state index contributed by atoms with van der Waals surface area (Å²) in [5, 5.41) is 5.83. The molecule has 0 aliphatic heterocycles. The number of rotatable bonds is 7. The average molecular weight is 389 g/mol. The van der Waals surface area contributed by atoms with Crippen molar-refractivity contribution < 1.29 is 14.3 Å². The summed E-state index contributed by atoms with van der Waals surface area (Å²) in [6.45, 7) is 6.81. The van der Waals surface area contributed by atoms with Crippen LogP contribution in [-0.4, -0.2) is 31.5 Å². The zero-order chi connectivity index (χ0) is 19.9. The van der Waals surface area contributed by atoms with Gasteiger partial charge >= 0.3 is 0 Å². The molecule has 2 N–H and O–H groups in total. The van der Waals surface area contributed by atoms with Crippen LogP contribution < -0.4 is 15.4 Å². The Morgan fingerprint density at radius 2 is 1.59 bits per heavy atom. The highest BCUT2D eigenvalue weighted by atomic mass is 35.5. The number of benzene rings is 2. The van der Waals surface area contributed by atoms with Gasteiger partial charge in [0.1, 0.15) is 5.75 Å². The van der Waals surface area contributed by atoms with Crippen molar-refractivity contribution in [1.29, 1.82) is 0 Å².